The van der Waals surface area contributed by atoms with Crippen LogP contribution >= 0.6 is 22.9 Å². The summed E-state index contributed by atoms with van der Waals surface area (Å²) >= 11 is 7.73. The lowest BCUT2D eigenvalue weighted by molar-refractivity contribution is 0.102. The maximum atomic E-state index is 13.8. The normalized spacial score (nSPS) is 15.0. The van der Waals surface area contributed by atoms with E-state index in [1.807, 2.05) is 54.7 Å². The fraction of sp³-hybridized carbons (Fsp3) is 0.243. The van der Waals surface area contributed by atoms with Gasteiger partial charge in [0.2, 0.25) is 0 Å². The Hall–Kier alpha value is -3.93. The number of hydrogen-bond donors (Lipinski definition) is 1. The van der Waals surface area contributed by atoms with E-state index in [-0.39, 0.29) is 11.3 Å². The Morgan fingerprint density at radius 3 is 2.51 bits per heavy atom. The molecule has 1 aliphatic rings. The first-order chi connectivity index (χ1) is 20.8. The molecule has 0 bridgehead atoms. The Labute approximate surface area is 262 Å². The molecule has 0 saturated carbocycles. The highest BCUT2D eigenvalue weighted by molar-refractivity contribution is 7.16. The first kappa shape index (κ1) is 29.2. The van der Waals surface area contributed by atoms with Crippen LogP contribution in [0.5, 0.6) is 5.75 Å². The number of fused-ring (bicyclic) bond motifs is 2. The monoisotopic (exact) mass is 606 g/mol. The summed E-state index contributed by atoms with van der Waals surface area (Å²) in [4.78, 5) is 20.2. The van der Waals surface area contributed by atoms with E-state index in [1.54, 1.807) is 23.5 Å². The zero-order valence-corrected chi connectivity index (χ0v) is 26.3. The number of ether oxygens (including phenoxy) is 1. The predicted octanol–water partition coefficient (Wildman–Crippen LogP) is 10.3. The van der Waals surface area contributed by atoms with Crippen molar-refractivity contribution >= 4 is 56.5 Å². The molecular formula is C37H35ClN2O2S. The van der Waals surface area contributed by atoms with Crippen LogP contribution in [0.3, 0.4) is 0 Å². The van der Waals surface area contributed by atoms with Crippen molar-refractivity contribution < 1.29 is 9.53 Å². The van der Waals surface area contributed by atoms with Crippen LogP contribution in [0.2, 0.25) is 5.02 Å². The zero-order valence-electron chi connectivity index (χ0n) is 24.7. The molecule has 218 valence electrons. The molecule has 4 aromatic carbocycles. The van der Waals surface area contributed by atoms with Crippen molar-refractivity contribution in [2.75, 3.05) is 5.32 Å². The number of nitrogens with one attached hydrogen (secondary N) is 1. The molecule has 4 nitrogen and oxygen atoms in total. The summed E-state index contributed by atoms with van der Waals surface area (Å²) in [7, 11) is 0. The van der Waals surface area contributed by atoms with Gasteiger partial charge in [-0.15, -0.1) is 11.3 Å². The Morgan fingerprint density at radius 2 is 1.74 bits per heavy atom. The number of anilines is 1. The molecule has 0 fully saturated rings. The lowest BCUT2D eigenvalue weighted by Crippen LogP contribution is -2.27. The number of thiophene rings is 1. The van der Waals surface area contributed by atoms with Crippen molar-refractivity contribution in [3.05, 3.63) is 123 Å². The minimum Gasteiger partial charge on any atom is -0.488 e. The van der Waals surface area contributed by atoms with Crippen LogP contribution < -0.4 is 10.1 Å². The summed E-state index contributed by atoms with van der Waals surface area (Å²) in [6, 6.07) is 29.7. The van der Waals surface area contributed by atoms with Gasteiger partial charge >= 0.3 is 0 Å². The van der Waals surface area contributed by atoms with Crippen molar-refractivity contribution in [3.8, 4) is 5.75 Å². The number of nitrogens with zero attached hydrogens (tertiary/aromatic N) is 1. The molecule has 1 heterocycles. The van der Waals surface area contributed by atoms with Crippen molar-refractivity contribution in [3.63, 3.8) is 0 Å². The van der Waals surface area contributed by atoms with Crippen LogP contribution in [0.1, 0.15) is 59.1 Å². The lowest BCUT2D eigenvalue weighted by Gasteiger charge is -2.33. The molecular weight excluding hydrogens is 572 g/mol. The second kappa shape index (κ2) is 12.4. The summed E-state index contributed by atoms with van der Waals surface area (Å²) in [5.74, 6) is 1.17. The van der Waals surface area contributed by atoms with E-state index in [0.717, 1.165) is 57.5 Å². The maximum Gasteiger partial charge on any atom is 0.259 e. The van der Waals surface area contributed by atoms with Gasteiger partial charge in [-0.05, 0) is 82.8 Å². The number of hydrogen-bond acceptors (Lipinski definition) is 4. The largest absolute Gasteiger partial charge is 0.488 e. The molecule has 0 aliphatic heterocycles. The van der Waals surface area contributed by atoms with Gasteiger partial charge in [0.15, 0.2) is 0 Å². The standard InChI is InChI=1S/C37H35ClN2O2S/c1-37(2,3)26-14-19-30-33(21-26)43-36(34(30)35(41)40-28-17-15-27(38)16-18-28)39-22-31-29-12-8-7-11-25(29)13-20-32(31)42-23-24-9-5-4-6-10-24/h4-13,15-18,20,22,26H,14,19,21,23H2,1-3H3,(H,40,41)/t26-/m1/s1. The van der Waals surface area contributed by atoms with Gasteiger partial charge in [0.25, 0.3) is 5.91 Å². The highest BCUT2D eigenvalue weighted by Crippen LogP contribution is 2.45. The van der Waals surface area contributed by atoms with Crippen molar-refractivity contribution in [1.82, 2.24) is 0 Å². The van der Waals surface area contributed by atoms with Crippen molar-refractivity contribution in [2.24, 2.45) is 16.3 Å². The third-order valence-electron chi connectivity index (χ3n) is 8.28. The van der Waals surface area contributed by atoms with E-state index >= 15 is 0 Å². The lowest BCUT2D eigenvalue weighted by atomic mass is 9.72. The second-order valence-corrected chi connectivity index (χ2v) is 13.7. The summed E-state index contributed by atoms with van der Waals surface area (Å²) in [5, 5.41) is 6.61. The zero-order chi connectivity index (χ0) is 30.0. The molecule has 0 spiro atoms. The minimum absolute atomic E-state index is 0.139. The minimum atomic E-state index is -0.139. The Morgan fingerprint density at radius 1 is 1.00 bits per heavy atom. The third-order valence-corrected chi connectivity index (χ3v) is 9.69. The summed E-state index contributed by atoms with van der Waals surface area (Å²) in [6.45, 7) is 7.37. The smallest absolute Gasteiger partial charge is 0.259 e. The van der Waals surface area contributed by atoms with E-state index in [2.05, 4.69) is 56.4 Å². The topological polar surface area (TPSA) is 50.7 Å². The first-order valence-corrected chi connectivity index (χ1v) is 15.9. The van der Waals surface area contributed by atoms with Gasteiger partial charge in [0.1, 0.15) is 17.4 Å². The Balaban J connectivity index is 1.39. The van der Waals surface area contributed by atoms with Crippen LogP contribution in [0.4, 0.5) is 10.7 Å². The molecule has 1 aliphatic carbocycles. The van der Waals surface area contributed by atoms with Gasteiger partial charge < -0.3 is 10.1 Å². The van der Waals surface area contributed by atoms with E-state index < -0.39 is 0 Å². The number of rotatable bonds is 7. The summed E-state index contributed by atoms with van der Waals surface area (Å²) in [5.41, 5.74) is 4.70. The van der Waals surface area contributed by atoms with E-state index in [1.165, 1.54) is 4.88 Å². The van der Waals surface area contributed by atoms with Crippen LogP contribution in [0, 0.1) is 11.3 Å². The van der Waals surface area contributed by atoms with Crippen LogP contribution in [-0.4, -0.2) is 12.1 Å². The molecule has 0 saturated heterocycles. The number of aliphatic imine (C=N–C) groups is 1. The molecule has 0 unspecified atom stereocenters. The van der Waals surface area contributed by atoms with E-state index in [9.17, 15) is 4.79 Å². The van der Waals surface area contributed by atoms with E-state index in [4.69, 9.17) is 21.3 Å². The fourth-order valence-electron chi connectivity index (χ4n) is 5.76. The van der Waals surface area contributed by atoms with Crippen molar-refractivity contribution in [1.29, 1.82) is 0 Å². The molecule has 1 N–H and O–H groups in total. The molecule has 1 amide bonds. The fourth-order valence-corrected chi connectivity index (χ4v) is 7.15. The summed E-state index contributed by atoms with van der Waals surface area (Å²) in [6.07, 6.45) is 4.75. The second-order valence-electron chi connectivity index (χ2n) is 12.2. The highest BCUT2D eigenvalue weighted by Gasteiger charge is 2.33. The molecule has 6 heteroatoms. The highest BCUT2D eigenvalue weighted by atomic mass is 35.5. The van der Waals surface area contributed by atoms with Gasteiger partial charge in [-0.2, -0.15) is 0 Å². The SMILES string of the molecule is CC(C)(C)[C@@H]1CCc2c(sc(N=Cc3c(OCc4ccccc4)ccc4ccccc34)c2C(=O)Nc2ccc(Cl)cc2)C1. The average molecular weight is 607 g/mol. The molecule has 1 atom stereocenters. The van der Waals surface area contributed by atoms with Gasteiger partial charge in [-0.3, -0.25) is 4.79 Å². The molecule has 43 heavy (non-hydrogen) atoms. The van der Waals surface area contributed by atoms with Gasteiger partial charge in [-0.1, -0.05) is 93.0 Å². The molecule has 1 aromatic heterocycles. The number of amides is 1. The Kier molecular flexibility index (Phi) is 8.38. The number of carbonyl (C=O) groups excluding carboxylic acids is 1. The van der Waals surface area contributed by atoms with Crippen LogP contribution in [-0.2, 0) is 19.4 Å². The van der Waals surface area contributed by atoms with Gasteiger partial charge in [-0.25, -0.2) is 4.99 Å². The van der Waals surface area contributed by atoms with Crippen LogP contribution in [0.15, 0.2) is 96.0 Å². The molecule has 6 rings (SSSR count). The van der Waals surface area contributed by atoms with E-state index in [0.29, 0.717) is 28.8 Å². The number of carbonyl (C=O) groups is 1. The van der Waals surface area contributed by atoms with Gasteiger partial charge in [0.05, 0.1) is 5.56 Å². The van der Waals surface area contributed by atoms with Gasteiger partial charge in [0, 0.05) is 27.4 Å². The van der Waals surface area contributed by atoms with Crippen molar-refractivity contribution in [2.45, 2.75) is 46.6 Å². The molecule has 5 aromatic rings. The number of halogens is 1. The summed E-state index contributed by atoms with van der Waals surface area (Å²) < 4.78 is 6.34. The first-order valence-electron chi connectivity index (χ1n) is 14.7. The number of benzene rings is 4. The average Bonchev–Trinajstić information content (AvgIpc) is 3.38. The maximum absolute atomic E-state index is 13.8. The molecule has 0 radical (unpaired) electrons. The van der Waals surface area contributed by atoms with Crippen LogP contribution in [0.25, 0.3) is 10.8 Å². The Bertz CT molecular complexity index is 1790. The predicted molar refractivity (Wildman–Crippen MR) is 181 cm³/mol. The quantitative estimate of drug-likeness (QED) is 0.187. The third kappa shape index (κ3) is 6.53.